The second-order valence-electron chi connectivity index (χ2n) is 4.14. The van der Waals surface area contributed by atoms with Gasteiger partial charge in [-0.05, 0) is 5.56 Å². The number of nitrogens with one attached hydrogen (secondary N) is 2. The fourth-order valence-electron chi connectivity index (χ4n) is 1.77. The van der Waals surface area contributed by atoms with Crippen molar-refractivity contribution in [2.75, 3.05) is 18.8 Å². The Morgan fingerprint density at radius 3 is 2.84 bits per heavy atom. The maximum Gasteiger partial charge on any atom is 0.241 e. The first-order chi connectivity index (χ1) is 8.86. The van der Waals surface area contributed by atoms with E-state index < -0.39 is 0 Å². The molecule has 1 amide bonds. The van der Waals surface area contributed by atoms with Crippen molar-refractivity contribution in [3.05, 3.63) is 48.0 Å². The maximum absolute atomic E-state index is 11.6. The van der Waals surface area contributed by atoms with Gasteiger partial charge in [0.2, 0.25) is 5.91 Å². The van der Waals surface area contributed by atoms with E-state index in [4.69, 9.17) is 0 Å². The van der Waals surface area contributed by atoms with Crippen molar-refractivity contribution in [3.8, 4) is 0 Å². The molecule has 1 atom stereocenters. The van der Waals surface area contributed by atoms with Gasteiger partial charge in [0.1, 0.15) is 6.04 Å². The minimum absolute atomic E-state index is 0. The summed E-state index contributed by atoms with van der Waals surface area (Å²) < 4.78 is 0. The molecule has 1 aromatic carbocycles. The average Bonchev–Trinajstić information content (AvgIpc) is 2.93. The van der Waals surface area contributed by atoms with E-state index in [0.29, 0.717) is 0 Å². The molecule has 5 heteroatoms. The summed E-state index contributed by atoms with van der Waals surface area (Å²) in [5, 5.41) is 6.03. The van der Waals surface area contributed by atoms with Crippen LogP contribution in [0.15, 0.2) is 42.5 Å². The summed E-state index contributed by atoms with van der Waals surface area (Å²) in [6.45, 7) is 1.52. The van der Waals surface area contributed by atoms with Gasteiger partial charge in [-0.1, -0.05) is 42.5 Å². The second kappa shape index (κ2) is 9.02. The summed E-state index contributed by atoms with van der Waals surface area (Å²) in [4.78, 5) is 11.6. The van der Waals surface area contributed by atoms with Crippen LogP contribution in [-0.2, 0) is 10.5 Å². The molecule has 2 rings (SSSR count). The molecular formula is C14H19ClN2OS. The first-order valence-corrected chi connectivity index (χ1v) is 7.31. The Morgan fingerprint density at radius 2 is 2.16 bits per heavy atom. The molecule has 0 saturated heterocycles. The van der Waals surface area contributed by atoms with Crippen molar-refractivity contribution in [3.63, 3.8) is 0 Å². The molecule has 1 heterocycles. The predicted molar refractivity (Wildman–Crippen MR) is 83.8 cm³/mol. The lowest BCUT2D eigenvalue weighted by molar-refractivity contribution is -0.121. The lowest BCUT2D eigenvalue weighted by Gasteiger charge is -2.10. The molecule has 1 aliphatic heterocycles. The van der Waals surface area contributed by atoms with Crippen molar-refractivity contribution in [2.24, 2.45) is 0 Å². The van der Waals surface area contributed by atoms with Crippen LogP contribution < -0.4 is 10.6 Å². The lowest BCUT2D eigenvalue weighted by atomic mass is 10.2. The van der Waals surface area contributed by atoms with Gasteiger partial charge in [-0.3, -0.25) is 10.1 Å². The largest absolute Gasteiger partial charge is 0.354 e. The highest BCUT2D eigenvalue weighted by molar-refractivity contribution is 7.98. The van der Waals surface area contributed by atoms with Crippen molar-refractivity contribution in [1.82, 2.24) is 10.6 Å². The van der Waals surface area contributed by atoms with Gasteiger partial charge in [-0.25, -0.2) is 0 Å². The summed E-state index contributed by atoms with van der Waals surface area (Å²) in [5.41, 5.74) is 1.33. The van der Waals surface area contributed by atoms with Gasteiger partial charge >= 0.3 is 0 Å². The molecule has 104 valence electrons. The summed E-state index contributed by atoms with van der Waals surface area (Å²) in [6, 6.07) is 10.2. The number of halogens is 1. The highest BCUT2D eigenvalue weighted by Crippen LogP contribution is 2.10. The van der Waals surface area contributed by atoms with Crippen LogP contribution in [0.25, 0.3) is 0 Å². The number of rotatable bonds is 6. The predicted octanol–water partition coefficient (Wildman–Crippen LogP) is 1.99. The van der Waals surface area contributed by atoms with Gasteiger partial charge in [0.25, 0.3) is 0 Å². The normalized spacial score (nSPS) is 16.9. The van der Waals surface area contributed by atoms with E-state index in [2.05, 4.69) is 34.9 Å². The standard InChI is InChI=1S/C14H18N2OS.ClH/c17-14(13-7-4-8-15-13)16-9-10-18-11-12-5-2-1-3-6-12;/h1-7,13,15H,8-11H2,(H,16,17);1H. The fraction of sp³-hybridized carbons (Fsp3) is 0.357. The zero-order valence-corrected chi connectivity index (χ0v) is 12.3. The van der Waals surface area contributed by atoms with E-state index in [1.807, 2.05) is 30.0 Å². The highest BCUT2D eigenvalue weighted by Gasteiger charge is 2.16. The van der Waals surface area contributed by atoms with E-state index in [-0.39, 0.29) is 24.4 Å². The Morgan fingerprint density at radius 1 is 1.37 bits per heavy atom. The Bertz CT molecular complexity index is 411. The number of hydrogen-bond donors (Lipinski definition) is 2. The van der Waals surface area contributed by atoms with E-state index in [1.165, 1.54) is 5.56 Å². The Labute approximate surface area is 124 Å². The molecule has 0 aliphatic carbocycles. The quantitative estimate of drug-likeness (QED) is 0.623. The number of amides is 1. The fourth-order valence-corrected chi connectivity index (χ4v) is 2.59. The molecule has 1 aromatic rings. The third kappa shape index (κ3) is 5.68. The number of carbonyl (C=O) groups is 1. The lowest BCUT2D eigenvalue weighted by Crippen LogP contribution is -2.41. The maximum atomic E-state index is 11.6. The van der Waals surface area contributed by atoms with E-state index in [1.54, 1.807) is 0 Å². The average molecular weight is 299 g/mol. The number of carbonyl (C=O) groups excluding carboxylic acids is 1. The van der Waals surface area contributed by atoms with Gasteiger partial charge in [-0.2, -0.15) is 11.8 Å². The molecule has 0 saturated carbocycles. The first kappa shape index (κ1) is 16.1. The molecule has 0 fully saturated rings. The van der Waals surface area contributed by atoms with Gasteiger partial charge in [0.05, 0.1) is 0 Å². The molecule has 0 aromatic heterocycles. The van der Waals surface area contributed by atoms with Crippen molar-refractivity contribution in [1.29, 1.82) is 0 Å². The monoisotopic (exact) mass is 298 g/mol. The van der Waals surface area contributed by atoms with Crippen LogP contribution in [-0.4, -0.2) is 30.8 Å². The third-order valence-electron chi connectivity index (χ3n) is 2.72. The van der Waals surface area contributed by atoms with Crippen molar-refractivity contribution < 1.29 is 4.79 Å². The van der Waals surface area contributed by atoms with Crippen LogP contribution in [0.1, 0.15) is 5.56 Å². The topological polar surface area (TPSA) is 41.1 Å². The molecular weight excluding hydrogens is 280 g/mol. The zero-order valence-electron chi connectivity index (χ0n) is 10.7. The molecule has 19 heavy (non-hydrogen) atoms. The molecule has 0 spiro atoms. The van der Waals surface area contributed by atoms with Gasteiger partial charge in [0, 0.05) is 24.6 Å². The van der Waals surface area contributed by atoms with Crippen LogP contribution in [0.5, 0.6) is 0 Å². The van der Waals surface area contributed by atoms with Crippen LogP contribution in [0, 0.1) is 0 Å². The summed E-state index contributed by atoms with van der Waals surface area (Å²) in [6.07, 6.45) is 3.89. The highest BCUT2D eigenvalue weighted by atomic mass is 35.5. The Kier molecular flexibility index (Phi) is 7.63. The minimum Gasteiger partial charge on any atom is -0.354 e. The van der Waals surface area contributed by atoms with Crippen LogP contribution >= 0.6 is 24.2 Å². The van der Waals surface area contributed by atoms with Gasteiger partial charge in [-0.15, -0.1) is 12.4 Å². The molecule has 0 bridgehead atoms. The molecule has 0 radical (unpaired) electrons. The number of thioether (sulfide) groups is 1. The summed E-state index contributed by atoms with van der Waals surface area (Å²) >= 11 is 1.84. The molecule has 3 nitrogen and oxygen atoms in total. The van der Waals surface area contributed by atoms with Crippen LogP contribution in [0.4, 0.5) is 0 Å². The summed E-state index contributed by atoms with van der Waals surface area (Å²) in [5.74, 6) is 2.01. The molecule has 1 aliphatic rings. The van der Waals surface area contributed by atoms with Gasteiger partial charge in [0.15, 0.2) is 0 Å². The Balaban J connectivity index is 0.00000180. The van der Waals surface area contributed by atoms with Crippen molar-refractivity contribution in [2.45, 2.75) is 11.8 Å². The SMILES string of the molecule is Cl.O=C(NCCSCc1ccccc1)C1C=CCN1. The zero-order chi connectivity index (χ0) is 12.6. The molecule has 2 N–H and O–H groups in total. The van der Waals surface area contributed by atoms with Crippen LogP contribution in [0.2, 0.25) is 0 Å². The minimum atomic E-state index is -0.135. The molecule has 1 unspecified atom stereocenters. The third-order valence-corrected chi connectivity index (χ3v) is 3.75. The van der Waals surface area contributed by atoms with Crippen molar-refractivity contribution >= 4 is 30.1 Å². The smallest absolute Gasteiger partial charge is 0.241 e. The van der Waals surface area contributed by atoms with E-state index in [0.717, 1.165) is 24.6 Å². The number of benzene rings is 1. The Hall–Kier alpha value is -0.970. The van der Waals surface area contributed by atoms with Gasteiger partial charge < -0.3 is 5.32 Å². The first-order valence-electron chi connectivity index (χ1n) is 6.16. The van der Waals surface area contributed by atoms with Crippen LogP contribution in [0.3, 0.4) is 0 Å². The van der Waals surface area contributed by atoms with E-state index >= 15 is 0 Å². The van der Waals surface area contributed by atoms with E-state index in [9.17, 15) is 4.79 Å². The number of hydrogen-bond acceptors (Lipinski definition) is 3. The second-order valence-corrected chi connectivity index (χ2v) is 5.25. The summed E-state index contributed by atoms with van der Waals surface area (Å²) in [7, 11) is 0.